The van der Waals surface area contributed by atoms with E-state index in [9.17, 15) is 13.2 Å². The van der Waals surface area contributed by atoms with Crippen LogP contribution in [-0.2, 0) is 14.8 Å². The average molecular weight is 382 g/mol. The Morgan fingerprint density at radius 2 is 1.78 bits per heavy atom. The Hall–Kier alpha value is -2.60. The predicted molar refractivity (Wildman–Crippen MR) is 107 cm³/mol. The van der Waals surface area contributed by atoms with Crippen molar-refractivity contribution >= 4 is 32.9 Å². The van der Waals surface area contributed by atoms with E-state index in [-0.39, 0.29) is 10.8 Å². The van der Waals surface area contributed by atoms with Crippen LogP contribution in [0.15, 0.2) is 52.9 Å². The van der Waals surface area contributed by atoms with E-state index in [1.807, 2.05) is 19.1 Å². The molecule has 5 nitrogen and oxygen atoms in total. The SMILES string of the molecule is Cc1cccc(NS(=O)(=O)c2ccc3c(c2)C(=C2CCCC2)C(=O)N3C)c1. The van der Waals surface area contributed by atoms with Crippen molar-refractivity contribution in [2.24, 2.45) is 0 Å². The van der Waals surface area contributed by atoms with Crippen molar-refractivity contribution in [3.8, 4) is 0 Å². The molecule has 0 atom stereocenters. The molecule has 1 fully saturated rings. The fourth-order valence-electron chi connectivity index (χ4n) is 3.88. The van der Waals surface area contributed by atoms with Crippen LogP contribution in [0.3, 0.4) is 0 Å². The van der Waals surface area contributed by atoms with Crippen molar-refractivity contribution in [2.75, 3.05) is 16.7 Å². The molecule has 2 aliphatic rings. The molecule has 0 bridgehead atoms. The van der Waals surface area contributed by atoms with Crippen LogP contribution in [0.25, 0.3) is 5.57 Å². The van der Waals surface area contributed by atoms with Gasteiger partial charge in [0.2, 0.25) is 0 Å². The number of anilines is 2. The zero-order valence-electron chi connectivity index (χ0n) is 15.5. The second-order valence-electron chi connectivity index (χ2n) is 7.20. The van der Waals surface area contributed by atoms with E-state index in [1.54, 1.807) is 42.3 Å². The van der Waals surface area contributed by atoms with Crippen LogP contribution in [0.4, 0.5) is 11.4 Å². The highest BCUT2D eigenvalue weighted by Crippen LogP contribution is 2.42. The van der Waals surface area contributed by atoms with Crippen molar-refractivity contribution in [2.45, 2.75) is 37.5 Å². The first-order valence-corrected chi connectivity index (χ1v) is 10.6. The number of hydrogen-bond donors (Lipinski definition) is 1. The Kier molecular flexibility index (Phi) is 4.30. The Labute approximate surface area is 159 Å². The van der Waals surface area contributed by atoms with Crippen molar-refractivity contribution in [1.29, 1.82) is 0 Å². The Bertz CT molecular complexity index is 1060. The lowest BCUT2D eigenvalue weighted by atomic mass is 10.00. The number of fused-ring (bicyclic) bond motifs is 1. The molecule has 2 aromatic rings. The molecule has 0 saturated heterocycles. The summed E-state index contributed by atoms with van der Waals surface area (Å²) < 4.78 is 28.4. The van der Waals surface area contributed by atoms with Crippen LogP contribution in [0, 0.1) is 6.92 Å². The maximum Gasteiger partial charge on any atom is 0.261 e. The van der Waals surface area contributed by atoms with Crippen LogP contribution in [-0.4, -0.2) is 21.4 Å². The summed E-state index contributed by atoms with van der Waals surface area (Å²) in [6.07, 6.45) is 3.98. The van der Waals surface area contributed by atoms with E-state index in [4.69, 9.17) is 0 Å². The second-order valence-corrected chi connectivity index (χ2v) is 8.89. The number of nitrogens with one attached hydrogen (secondary N) is 1. The van der Waals surface area contributed by atoms with Crippen molar-refractivity contribution in [3.05, 3.63) is 59.2 Å². The highest BCUT2D eigenvalue weighted by atomic mass is 32.2. The van der Waals surface area contributed by atoms with Crippen molar-refractivity contribution in [1.82, 2.24) is 0 Å². The standard InChI is InChI=1S/C21H22N2O3S/c1-14-6-5-9-16(12-14)22-27(25,26)17-10-11-19-18(13-17)20(21(24)23(19)2)15-7-3-4-8-15/h5-6,9-13,22H,3-4,7-8H2,1-2H3. The number of aryl methyl sites for hydroxylation is 1. The number of amides is 1. The number of likely N-dealkylation sites (N-methyl/N-ethyl adjacent to an activating group) is 1. The van der Waals surface area contributed by atoms with Crippen LogP contribution in [0.1, 0.15) is 36.8 Å². The van der Waals surface area contributed by atoms with Gasteiger partial charge in [0, 0.05) is 23.9 Å². The van der Waals surface area contributed by atoms with Crippen LogP contribution in [0.2, 0.25) is 0 Å². The molecule has 1 saturated carbocycles. The summed E-state index contributed by atoms with van der Waals surface area (Å²) in [7, 11) is -2.00. The average Bonchev–Trinajstić information content (AvgIpc) is 3.22. The zero-order valence-corrected chi connectivity index (χ0v) is 16.3. The third kappa shape index (κ3) is 3.14. The molecule has 0 radical (unpaired) electrons. The van der Waals surface area contributed by atoms with E-state index >= 15 is 0 Å². The normalized spacial score (nSPS) is 16.8. The number of hydrogen-bond acceptors (Lipinski definition) is 3. The smallest absolute Gasteiger partial charge is 0.261 e. The van der Waals surface area contributed by atoms with Gasteiger partial charge in [-0.1, -0.05) is 17.7 Å². The minimum absolute atomic E-state index is 0.0388. The molecule has 4 rings (SSSR count). The molecule has 1 aliphatic carbocycles. The van der Waals surface area contributed by atoms with Crippen LogP contribution >= 0.6 is 0 Å². The monoisotopic (exact) mass is 382 g/mol. The minimum atomic E-state index is -3.74. The lowest BCUT2D eigenvalue weighted by Gasteiger charge is -2.12. The molecule has 1 aliphatic heterocycles. The first kappa shape index (κ1) is 17.8. The number of rotatable bonds is 3. The number of carbonyl (C=O) groups excluding carboxylic acids is 1. The number of allylic oxidation sites excluding steroid dienone is 1. The molecule has 0 unspecified atom stereocenters. The van der Waals surface area contributed by atoms with Crippen molar-refractivity contribution in [3.63, 3.8) is 0 Å². The van der Waals surface area contributed by atoms with E-state index in [1.165, 1.54) is 0 Å². The van der Waals surface area contributed by atoms with E-state index in [2.05, 4.69) is 4.72 Å². The number of nitrogens with zero attached hydrogens (tertiary/aromatic N) is 1. The molecule has 27 heavy (non-hydrogen) atoms. The number of carbonyl (C=O) groups is 1. The van der Waals surface area contributed by atoms with Gasteiger partial charge in [0.05, 0.1) is 10.6 Å². The predicted octanol–water partition coefficient (Wildman–Crippen LogP) is 4.10. The highest BCUT2D eigenvalue weighted by Gasteiger charge is 2.34. The van der Waals surface area contributed by atoms with E-state index in [0.717, 1.165) is 48.1 Å². The summed E-state index contributed by atoms with van der Waals surface area (Å²) in [5, 5.41) is 0. The maximum absolute atomic E-state index is 12.9. The van der Waals surface area contributed by atoms with Gasteiger partial charge in [-0.2, -0.15) is 0 Å². The molecule has 1 amide bonds. The Balaban J connectivity index is 1.76. The first-order chi connectivity index (χ1) is 12.9. The molecular weight excluding hydrogens is 360 g/mol. The summed E-state index contributed by atoms with van der Waals surface area (Å²) in [6.45, 7) is 1.91. The lowest BCUT2D eigenvalue weighted by Crippen LogP contribution is -2.20. The fourth-order valence-corrected chi connectivity index (χ4v) is 4.96. The van der Waals surface area contributed by atoms with E-state index in [0.29, 0.717) is 11.3 Å². The van der Waals surface area contributed by atoms with Gasteiger partial charge in [-0.25, -0.2) is 8.42 Å². The van der Waals surface area contributed by atoms with Gasteiger partial charge in [0.25, 0.3) is 15.9 Å². The molecule has 1 N–H and O–H groups in total. The molecule has 140 valence electrons. The number of sulfonamides is 1. The van der Waals surface area contributed by atoms with Gasteiger partial charge in [0.1, 0.15) is 0 Å². The summed E-state index contributed by atoms with van der Waals surface area (Å²) in [6, 6.07) is 12.1. The van der Waals surface area contributed by atoms with Gasteiger partial charge in [-0.15, -0.1) is 0 Å². The third-order valence-electron chi connectivity index (χ3n) is 5.26. The number of benzene rings is 2. The molecule has 2 aromatic carbocycles. The Morgan fingerprint density at radius 1 is 1.04 bits per heavy atom. The Morgan fingerprint density at radius 3 is 2.48 bits per heavy atom. The summed E-state index contributed by atoms with van der Waals surface area (Å²) in [4.78, 5) is 14.5. The maximum atomic E-state index is 12.9. The summed E-state index contributed by atoms with van der Waals surface area (Å²) in [5.74, 6) is -0.0388. The molecular formula is C21H22N2O3S. The quantitative estimate of drug-likeness (QED) is 0.813. The van der Waals surface area contributed by atoms with E-state index < -0.39 is 10.0 Å². The van der Waals surface area contributed by atoms with Gasteiger partial charge in [0.15, 0.2) is 0 Å². The third-order valence-corrected chi connectivity index (χ3v) is 6.64. The topological polar surface area (TPSA) is 66.5 Å². The van der Waals surface area contributed by atoms with Gasteiger partial charge < -0.3 is 4.90 Å². The largest absolute Gasteiger partial charge is 0.311 e. The summed E-state index contributed by atoms with van der Waals surface area (Å²) >= 11 is 0. The first-order valence-electron chi connectivity index (χ1n) is 9.11. The minimum Gasteiger partial charge on any atom is -0.311 e. The fraction of sp³-hybridized carbons (Fsp3) is 0.286. The van der Waals surface area contributed by atoms with Crippen LogP contribution < -0.4 is 9.62 Å². The lowest BCUT2D eigenvalue weighted by molar-refractivity contribution is -0.112. The summed E-state index contributed by atoms with van der Waals surface area (Å²) in [5.41, 5.74) is 4.84. The molecule has 1 heterocycles. The van der Waals surface area contributed by atoms with Gasteiger partial charge >= 0.3 is 0 Å². The molecule has 0 spiro atoms. The second kappa shape index (κ2) is 6.53. The van der Waals surface area contributed by atoms with Gasteiger partial charge in [-0.05, 0) is 68.5 Å². The van der Waals surface area contributed by atoms with Gasteiger partial charge in [-0.3, -0.25) is 9.52 Å². The zero-order chi connectivity index (χ0) is 19.2. The molecule has 6 heteroatoms. The van der Waals surface area contributed by atoms with Crippen LogP contribution in [0.5, 0.6) is 0 Å². The highest BCUT2D eigenvalue weighted by molar-refractivity contribution is 7.92. The molecule has 0 aromatic heterocycles. The van der Waals surface area contributed by atoms with Crippen molar-refractivity contribution < 1.29 is 13.2 Å².